The zero-order chi connectivity index (χ0) is 13.7. The molecule has 1 atom stereocenters. The second-order valence-corrected chi connectivity index (χ2v) is 5.15. The lowest BCUT2D eigenvalue weighted by atomic mass is 9.83. The molecule has 1 aliphatic carbocycles. The number of benzene rings is 1. The number of nitrogens with one attached hydrogen (secondary N) is 1. The first-order valence-electron chi connectivity index (χ1n) is 6.71. The van der Waals surface area contributed by atoms with Gasteiger partial charge in [0.1, 0.15) is 6.04 Å². The van der Waals surface area contributed by atoms with Gasteiger partial charge in [-0.05, 0) is 24.3 Å². The van der Waals surface area contributed by atoms with Gasteiger partial charge in [-0.15, -0.1) is 0 Å². The normalized spacial score (nSPS) is 16.4. The molecule has 1 fully saturated rings. The Morgan fingerprint density at radius 3 is 2.47 bits per heavy atom. The largest absolute Gasteiger partial charge is 0.480 e. The van der Waals surface area contributed by atoms with Crippen LogP contribution in [0.25, 0.3) is 0 Å². The van der Waals surface area contributed by atoms with Crippen molar-refractivity contribution in [3.8, 4) is 0 Å². The Morgan fingerprint density at radius 2 is 1.95 bits per heavy atom. The van der Waals surface area contributed by atoms with Crippen molar-refractivity contribution >= 4 is 11.9 Å². The summed E-state index contributed by atoms with van der Waals surface area (Å²) in [6, 6.07) is 8.51. The molecular weight excluding hydrogens is 242 g/mol. The third-order valence-electron chi connectivity index (χ3n) is 3.61. The minimum absolute atomic E-state index is 0.145. The molecule has 0 radical (unpaired) electrons. The molecule has 19 heavy (non-hydrogen) atoms. The molecule has 0 spiro atoms. The smallest absolute Gasteiger partial charge is 0.326 e. The summed E-state index contributed by atoms with van der Waals surface area (Å²) in [6.45, 7) is 0. The number of carboxylic acid groups (broad SMARTS) is 1. The zero-order valence-corrected chi connectivity index (χ0v) is 10.8. The lowest BCUT2D eigenvalue weighted by molar-refractivity contribution is -0.142. The maximum absolute atomic E-state index is 11.8. The number of rotatable bonds is 6. The van der Waals surface area contributed by atoms with Crippen LogP contribution in [0.3, 0.4) is 0 Å². The van der Waals surface area contributed by atoms with E-state index in [1.165, 1.54) is 6.42 Å². The fourth-order valence-electron chi connectivity index (χ4n) is 2.26. The molecule has 1 aromatic rings. The third kappa shape index (κ3) is 4.09. The van der Waals surface area contributed by atoms with Crippen LogP contribution in [0.2, 0.25) is 0 Å². The number of hydrogen-bond acceptors (Lipinski definition) is 2. The Balaban J connectivity index is 1.88. The van der Waals surface area contributed by atoms with Gasteiger partial charge in [0.2, 0.25) is 5.91 Å². The van der Waals surface area contributed by atoms with Crippen LogP contribution in [0.5, 0.6) is 0 Å². The quantitative estimate of drug-likeness (QED) is 0.823. The molecular formula is C15H19NO3. The van der Waals surface area contributed by atoms with Crippen molar-refractivity contribution in [3.05, 3.63) is 35.9 Å². The van der Waals surface area contributed by atoms with Crippen LogP contribution < -0.4 is 5.32 Å². The minimum atomic E-state index is -0.981. The first-order valence-corrected chi connectivity index (χ1v) is 6.71. The molecule has 0 unspecified atom stereocenters. The topological polar surface area (TPSA) is 66.4 Å². The van der Waals surface area contributed by atoms with Crippen molar-refractivity contribution in [1.29, 1.82) is 0 Å². The summed E-state index contributed by atoms with van der Waals surface area (Å²) in [7, 11) is 0. The number of aliphatic carboxylic acids is 1. The Labute approximate surface area is 112 Å². The van der Waals surface area contributed by atoms with E-state index >= 15 is 0 Å². The molecule has 102 valence electrons. The van der Waals surface area contributed by atoms with E-state index in [2.05, 4.69) is 5.32 Å². The van der Waals surface area contributed by atoms with Gasteiger partial charge >= 0.3 is 5.97 Å². The fraction of sp³-hybridized carbons (Fsp3) is 0.467. The molecule has 0 heterocycles. The number of hydrogen-bond donors (Lipinski definition) is 2. The summed E-state index contributed by atoms with van der Waals surface area (Å²) in [5.74, 6) is -0.676. The van der Waals surface area contributed by atoms with Gasteiger partial charge in [0.25, 0.3) is 0 Å². The highest BCUT2D eigenvalue weighted by atomic mass is 16.4. The number of amides is 1. The molecule has 1 amide bonds. The van der Waals surface area contributed by atoms with E-state index in [0.717, 1.165) is 18.4 Å². The van der Waals surface area contributed by atoms with E-state index in [1.54, 1.807) is 0 Å². The molecule has 0 aliphatic heterocycles. The molecule has 0 saturated heterocycles. The maximum atomic E-state index is 11.8. The monoisotopic (exact) mass is 261 g/mol. The molecule has 1 aliphatic rings. The summed E-state index contributed by atoms with van der Waals surface area (Å²) in [6.07, 6.45) is 4.14. The van der Waals surface area contributed by atoms with Gasteiger partial charge in [-0.25, -0.2) is 4.79 Å². The number of carbonyl (C=O) groups excluding carboxylic acids is 1. The van der Waals surface area contributed by atoms with E-state index in [0.29, 0.717) is 18.8 Å². The Bertz CT molecular complexity index is 440. The van der Waals surface area contributed by atoms with Crippen LogP contribution in [0.1, 0.15) is 31.2 Å². The fourth-order valence-corrected chi connectivity index (χ4v) is 2.26. The van der Waals surface area contributed by atoms with Gasteiger partial charge in [0.05, 0.1) is 0 Å². The van der Waals surface area contributed by atoms with E-state index in [-0.39, 0.29) is 5.91 Å². The van der Waals surface area contributed by atoms with Gasteiger partial charge in [0.15, 0.2) is 0 Å². The second kappa shape index (κ2) is 6.36. The van der Waals surface area contributed by atoms with E-state index in [4.69, 9.17) is 0 Å². The molecule has 0 aromatic heterocycles. The minimum Gasteiger partial charge on any atom is -0.480 e. The van der Waals surface area contributed by atoms with Crippen LogP contribution >= 0.6 is 0 Å². The Kier molecular flexibility index (Phi) is 4.55. The average molecular weight is 261 g/mol. The highest BCUT2D eigenvalue weighted by Gasteiger charge is 2.24. The summed E-state index contributed by atoms with van der Waals surface area (Å²) in [5, 5.41) is 11.8. The first-order chi connectivity index (χ1) is 9.15. The van der Waals surface area contributed by atoms with Gasteiger partial charge in [-0.2, -0.15) is 0 Å². The van der Waals surface area contributed by atoms with Crippen molar-refractivity contribution in [2.45, 2.75) is 38.1 Å². The van der Waals surface area contributed by atoms with Gasteiger partial charge in [-0.1, -0.05) is 36.8 Å². The molecule has 4 heteroatoms. The van der Waals surface area contributed by atoms with Gasteiger partial charge in [0, 0.05) is 12.8 Å². The van der Waals surface area contributed by atoms with Crippen molar-refractivity contribution in [3.63, 3.8) is 0 Å². The van der Waals surface area contributed by atoms with E-state index in [9.17, 15) is 14.7 Å². The predicted molar refractivity (Wildman–Crippen MR) is 71.7 cm³/mol. The van der Waals surface area contributed by atoms with Crippen LogP contribution in [-0.4, -0.2) is 23.0 Å². The lowest BCUT2D eigenvalue weighted by Gasteiger charge is -2.25. The molecule has 4 nitrogen and oxygen atoms in total. The molecule has 0 bridgehead atoms. The van der Waals surface area contributed by atoms with Crippen LogP contribution in [0, 0.1) is 5.92 Å². The number of carbonyl (C=O) groups is 2. The molecule has 2 N–H and O–H groups in total. The highest BCUT2D eigenvalue weighted by Crippen LogP contribution is 2.29. The summed E-state index contributed by atoms with van der Waals surface area (Å²) in [4.78, 5) is 23.0. The first kappa shape index (κ1) is 13.6. The maximum Gasteiger partial charge on any atom is 0.326 e. The zero-order valence-electron chi connectivity index (χ0n) is 10.8. The Morgan fingerprint density at radius 1 is 1.26 bits per heavy atom. The van der Waals surface area contributed by atoms with E-state index in [1.807, 2.05) is 30.3 Å². The second-order valence-electron chi connectivity index (χ2n) is 5.15. The van der Waals surface area contributed by atoms with Crippen LogP contribution in [0.4, 0.5) is 0 Å². The number of carboxylic acids is 1. The third-order valence-corrected chi connectivity index (χ3v) is 3.61. The van der Waals surface area contributed by atoms with Crippen molar-refractivity contribution in [2.24, 2.45) is 5.92 Å². The van der Waals surface area contributed by atoms with Crippen molar-refractivity contribution in [1.82, 2.24) is 5.32 Å². The van der Waals surface area contributed by atoms with Crippen LogP contribution in [0.15, 0.2) is 30.3 Å². The summed E-state index contributed by atoms with van der Waals surface area (Å²) >= 11 is 0. The summed E-state index contributed by atoms with van der Waals surface area (Å²) in [5.41, 5.74) is 0.916. The standard InChI is InChI=1S/C15H19NO3/c17-14(10-12-7-4-8-12)16-13(15(18)19)9-11-5-2-1-3-6-11/h1-3,5-6,12-13H,4,7-10H2,(H,16,17)(H,18,19)/t13-/m1/s1. The van der Waals surface area contributed by atoms with Gasteiger partial charge < -0.3 is 10.4 Å². The predicted octanol–water partition coefficient (Wildman–Crippen LogP) is 1.99. The Hall–Kier alpha value is -1.84. The van der Waals surface area contributed by atoms with Gasteiger partial charge in [-0.3, -0.25) is 4.79 Å². The summed E-state index contributed by atoms with van der Waals surface area (Å²) < 4.78 is 0. The highest BCUT2D eigenvalue weighted by molar-refractivity contribution is 5.83. The SMILES string of the molecule is O=C(CC1CCC1)N[C@H](Cc1ccccc1)C(=O)O. The van der Waals surface area contributed by atoms with Crippen molar-refractivity contribution in [2.75, 3.05) is 0 Å². The molecule has 2 rings (SSSR count). The lowest BCUT2D eigenvalue weighted by Crippen LogP contribution is -2.43. The van der Waals surface area contributed by atoms with Crippen LogP contribution in [-0.2, 0) is 16.0 Å². The van der Waals surface area contributed by atoms with E-state index < -0.39 is 12.0 Å². The average Bonchev–Trinajstić information content (AvgIpc) is 2.34. The van der Waals surface area contributed by atoms with Crippen molar-refractivity contribution < 1.29 is 14.7 Å². The molecule has 1 saturated carbocycles. The molecule has 1 aromatic carbocycles.